The van der Waals surface area contributed by atoms with Crippen molar-refractivity contribution in [2.24, 2.45) is 5.73 Å². The Morgan fingerprint density at radius 3 is 2.71 bits per heavy atom. The topological polar surface area (TPSA) is 106 Å². The Balaban J connectivity index is 2.01. The first-order valence-electron chi connectivity index (χ1n) is 6.85. The molecule has 8 heteroatoms. The number of hydrogen-bond acceptors (Lipinski definition) is 6. The zero-order valence-corrected chi connectivity index (χ0v) is 11.9. The van der Waals surface area contributed by atoms with Gasteiger partial charge in [-0.3, -0.25) is 19.9 Å². The van der Waals surface area contributed by atoms with Crippen molar-refractivity contribution >= 4 is 17.3 Å². The Labute approximate surface area is 122 Å². The molecule has 0 bridgehead atoms. The molecule has 0 spiro atoms. The lowest BCUT2D eigenvalue weighted by molar-refractivity contribution is -0.384. The number of hydrogen-bond donors (Lipinski definition) is 1. The number of nitro groups is 1. The lowest BCUT2D eigenvalue weighted by atomic mass is 10.2. The van der Waals surface area contributed by atoms with Gasteiger partial charge in [-0.25, -0.2) is 0 Å². The summed E-state index contributed by atoms with van der Waals surface area (Å²) in [7, 11) is 0. The molecule has 0 aliphatic carbocycles. The zero-order valence-electron chi connectivity index (χ0n) is 11.9. The van der Waals surface area contributed by atoms with E-state index < -0.39 is 4.92 Å². The van der Waals surface area contributed by atoms with E-state index in [1.165, 1.54) is 12.4 Å². The number of pyridine rings is 1. The van der Waals surface area contributed by atoms with E-state index in [0.29, 0.717) is 38.3 Å². The highest BCUT2D eigenvalue weighted by Crippen LogP contribution is 2.27. The molecule has 1 aliphatic rings. The average Bonchev–Trinajstić information content (AvgIpc) is 2.46. The molecule has 0 saturated carbocycles. The van der Waals surface area contributed by atoms with Crippen molar-refractivity contribution in [3.8, 4) is 0 Å². The van der Waals surface area contributed by atoms with Crippen LogP contribution in [0.25, 0.3) is 0 Å². The first kappa shape index (κ1) is 15.2. The summed E-state index contributed by atoms with van der Waals surface area (Å²) in [6, 6.07) is 1.48. The number of anilines is 1. The van der Waals surface area contributed by atoms with Gasteiger partial charge in [0.15, 0.2) is 0 Å². The van der Waals surface area contributed by atoms with Crippen molar-refractivity contribution in [2.75, 3.05) is 31.1 Å². The van der Waals surface area contributed by atoms with Crippen LogP contribution < -0.4 is 10.6 Å². The van der Waals surface area contributed by atoms with Crippen LogP contribution in [-0.2, 0) is 4.79 Å². The van der Waals surface area contributed by atoms with Crippen LogP contribution in [0.15, 0.2) is 18.5 Å². The van der Waals surface area contributed by atoms with Crippen LogP contribution >= 0.6 is 0 Å². The third-order valence-corrected chi connectivity index (χ3v) is 3.44. The Morgan fingerprint density at radius 2 is 2.14 bits per heavy atom. The zero-order chi connectivity index (χ0) is 15.4. The highest BCUT2D eigenvalue weighted by atomic mass is 16.6. The average molecular weight is 293 g/mol. The number of nitrogens with two attached hydrogens (primary N) is 1. The molecule has 21 heavy (non-hydrogen) atoms. The van der Waals surface area contributed by atoms with Crippen molar-refractivity contribution < 1.29 is 9.72 Å². The molecular weight excluding hydrogens is 274 g/mol. The van der Waals surface area contributed by atoms with Gasteiger partial charge in [-0.1, -0.05) is 0 Å². The number of nitrogens with zero attached hydrogens (tertiary/aromatic N) is 4. The second-order valence-electron chi connectivity index (χ2n) is 5.17. The fourth-order valence-electron chi connectivity index (χ4n) is 2.39. The van der Waals surface area contributed by atoms with Gasteiger partial charge in [0.1, 0.15) is 11.9 Å². The second-order valence-corrected chi connectivity index (χ2v) is 5.17. The van der Waals surface area contributed by atoms with Crippen LogP contribution in [0.2, 0.25) is 0 Å². The minimum atomic E-state index is -0.435. The monoisotopic (exact) mass is 293 g/mol. The quantitative estimate of drug-likeness (QED) is 0.635. The normalized spacial score (nSPS) is 16.7. The van der Waals surface area contributed by atoms with Gasteiger partial charge in [-0.2, -0.15) is 0 Å². The number of aromatic nitrogens is 1. The molecule has 1 atom stereocenters. The minimum absolute atomic E-state index is 0.00661. The van der Waals surface area contributed by atoms with E-state index in [-0.39, 0.29) is 17.6 Å². The van der Waals surface area contributed by atoms with Crippen LogP contribution in [0.3, 0.4) is 0 Å². The largest absolute Gasteiger partial charge is 0.362 e. The molecule has 1 fully saturated rings. The second kappa shape index (κ2) is 6.49. The van der Waals surface area contributed by atoms with Crippen molar-refractivity contribution in [1.82, 2.24) is 9.88 Å². The molecule has 1 aliphatic heterocycles. The van der Waals surface area contributed by atoms with Crippen molar-refractivity contribution in [1.29, 1.82) is 0 Å². The summed E-state index contributed by atoms with van der Waals surface area (Å²) in [4.78, 5) is 30.0. The molecule has 1 unspecified atom stereocenters. The predicted molar refractivity (Wildman–Crippen MR) is 78.0 cm³/mol. The predicted octanol–water partition coefficient (Wildman–Crippen LogP) is 0.376. The molecular formula is C13H19N5O3. The number of piperazine rings is 1. The molecule has 8 nitrogen and oxygen atoms in total. The van der Waals surface area contributed by atoms with E-state index in [1.807, 2.05) is 4.90 Å². The maximum atomic E-state index is 11.9. The molecule has 2 heterocycles. The van der Waals surface area contributed by atoms with Crippen LogP contribution in [0, 0.1) is 10.1 Å². The summed E-state index contributed by atoms with van der Waals surface area (Å²) < 4.78 is 0. The number of carbonyl (C=O) groups is 1. The minimum Gasteiger partial charge on any atom is -0.362 e. The van der Waals surface area contributed by atoms with Gasteiger partial charge in [0.2, 0.25) is 5.91 Å². The van der Waals surface area contributed by atoms with E-state index in [1.54, 1.807) is 17.9 Å². The first-order chi connectivity index (χ1) is 9.99. The molecule has 2 rings (SSSR count). The van der Waals surface area contributed by atoms with Gasteiger partial charge in [-0.05, 0) is 13.0 Å². The molecule has 2 N–H and O–H groups in total. The Bertz CT molecular complexity index is 526. The van der Waals surface area contributed by atoms with E-state index in [0.717, 1.165) is 0 Å². The number of amides is 1. The summed E-state index contributed by atoms with van der Waals surface area (Å²) in [5, 5.41) is 11.0. The van der Waals surface area contributed by atoms with Crippen LogP contribution in [0.5, 0.6) is 0 Å². The van der Waals surface area contributed by atoms with Crippen molar-refractivity contribution in [3.05, 3.63) is 28.6 Å². The lowest BCUT2D eigenvalue weighted by Gasteiger charge is -2.36. The summed E-state index contributed by atoms with van der Waals surface area (Å²) in [5.74, 6) is 0.0360. The summed E-state index contributed by atoms with van der Waals surface area (Å²) in [5.41, 5.74) is 6.18. The van der Waals surface area contributed by atoms with Gasteiger partial charge in [-0.15, -0.1) is 0 Å². The summed E-state index contributed by atoms with van der Waals surface area (Å²) in [6.45, 7) is 4.02. The molecule has 1 aromatic rings. The smallest absolute Gasteiger partial charge is 0.310 e. The molecule has 0 aromatic carbocycles. The van der Waals surface area contributed by atoms with Crippen LogP contribution in [-0.4, -0.2) is 52.9 Å². The summed E-state index contributed by atoms with van der Waals surface area (Å²) in [6.07, 6.45) is 3.12. The van der Waals surface area contributed by atoms with Crippen molar-refractivity contribution in [2.45, 2.75) is 19.4 Å². The Morgan fingerprint density at radius 1 is 1.48 bits per heavy atom. The van der Waals surface area contributed by atoms with Gasteiger partial charge >= 0.3 is 5.69 Å². The van der Waals surface area contributed by atoms with Crippen LogP contribution in [0.1, 0.15) is 13.3 Å². The van der Waals surface area contributed by atoms with E-state index in [9.17, 15) is 14.9 Å². The number of rotatable bonds is 4. The first-order valence-corrected chi connectivity index (χ1v) is 6.85. The standard InChI is InChI=1S/C13H19N5O3/c1-10(14)8-13(19)17-6-4-16(5-7-17)11-2-3-15-9-12(11)18(20)21/h2-3,9-10H,4-8,14H2,1H3. The third-order valence-electron chi connectivity index (χ3n) is 3.44. The van der Waals surface area contributed by atoms with E-state index in [2.05, 4.69) is 4.98 Å². The van der Waals surface area contributed by atoms with Gasteiger partial charge in [0, 0.05) is 44.8 Å². The maximum Gasteiger partial charge on any atom is 0.310 e. The fourth-order valence-corrected chi connectivity index (χ4v) is 2.39. The summed E-state index contributed by atoms with van der Waals surface area (Å²) >= 11 is 0. The molecule has 1 aromatic heterocycles. The van der Waals surface area contributed by atoms with E-state index >= 15 is 0 Å². The highest BCUT2D eigenvalue weighted by Gasteiger charge is 2.25. The maximum absolute atomic E-state index is 11.9. The molecule has 114 valence electrons. The van der Waals surface area contributed by atoms with Gasteiger partial charge < -0.3 is 15.5 Å². The highest BCUT2D eigenvalue weighted by molar-refractivity contribution is 5.77. The molecule has 0 radical (unpaired) electrons. The lowest BCUT2D eigenvalue weighted by Crippen LogP contribution is -2.49. The number of carbonyl (C=O) groups excluding carboxylic acids is 1. The van der Waals surface area contributed by atoms with Crippen LogP contribution in [0.4, 0.5) is 11.4 Å². The SMILES string of the molecule is CC(N)CC(=O)N1CCN(c2ccncc2[N+](=O)[O-])CC1. The van der Waals surface area contributed by atoms with Crippen molar-refractivity contribution in [3.63, 3.8) is 0 Å². The van der Waals surface area contributed by atoms with Gasteiger partial charge in [0.25, 0.3) is 0 Å². The Kier molecular flexibility index (Phi) is 4.69. The third kappa shape index (κ3) is 3.66. The fraction of sp³-hybridized carbons (Fsp3) is 0.538. The molecule has 1 amide bonds. The van der Waals surface area contributed by atoms with E-state index in [4.69, 9.17) is 5.73 Å². The Hall–Kier alpha value is -2.22. The van der Waals surface area contributed by atoms with Gasteiger partial charge in [0.05, 0.1) is 4.92 Å². The molecule has 1 saturated heterocycles.